The molecule has 1 aromatic carbocycles. The van der Waals surface area contributed by atoms with E-state index in [1.54, 1.807) is 31.5 Å². The highest BCUT2D eigenvalue weighted by Crippen LogP contribution is 2.28. The van der Waals surface area contributed by atoms with Crippen LogP contribution >= 0.6 is 11.6 Å². The van der Waals surface area contributed by atoms with Crippen LogP contribution in [0.5, 0.6) is 5.75 Å². The van der Waals surface area contributed by atoms with Crippen LogP contribution in [0.2, 0.25) is 5.02 Å². The standard InChI is InChI=1S/C15H15ClN2O2/c1-10-7-13(20-2)12(16)8-11(10)9-15(19)18-14-5-3-4-6-17-14/h3-8H,9H2,1-2H3,(H,17,18,19). The van der Waals surface area contributed by atoms with Crippen molar-refractivity contribution >= 4 is 23.3 Å². The molecule has 20 heavy (non-hydrogen) atoms. The fourth-order valence-electron chi connectivity index (χ4n) is 1.84. The van der Waals surface area contributed by atoms with Crippen LogP contribution in [0.4, 0.5) is 5.82 Å². The number of hydrogen-bond acceptors (Lipinski definition) is 3. The molecule has 1 heterocycles. The lowest BCUT2D eigenvalue weighted by atomic mass is 10.0. The number of halogens is 1. The number of amides is 1. The number of hydrogen-bond donors (Lipinski definition) is 1. The van der Waals surface area contributed by atoms with Crippen LogP contribution in [0.3, 0.4) is 0 Å². The van der Waals surface area contributed by atoms with Crippen molar-refractivity contribution in [3.63, 3.8) is 0 Å². The number of benzene rings is 1. The summed E-state index contributed by atoms with van der Waals surface area (Å²) in [5, 5.41) is 3.24. The van der Waals surface area contributed by atoms with Crippen LogP contribution in [-0.2, 0) is 11.2 Å². The van der Waals surface area contributed by atoms with Crippen molar-refractivity contribution < 1.29 is 9.53 Å². The summed E-state index contributed by atoms with van der Waals surface area (Å²) >= 11 is 6.08. The summed E-state index contributed by atoms with van der Waals surface area (Å²) in [6, 6.07) is 8.94. The number of aromatic nitrogens is 1. The van der Waals surface area contributed by atoms with Crippen molar-refractivity contribution in [3.05, 3.63) is 52.7 Å². The van der Waals surface area contributed by atoms with E-state index < -0.39 is 0 Å². The van der Waals surface area contributed by atoms with E-state index in [9.17, 15) is 4.79 Å². The lowest BCUT2D eigenvalue weighted by Gasteiger charge is -2.10. The Balaban J connectivity index is 2.10. The molecule has 2 aromatic rings. The Kier molecular flexibility index (Phi) is 4.58. The third-order valence-electron chi connectivity index (χ3n) is 2.89. The van der Waals surface area contributed by atoms with E-state index in [1.165, 1.54) is 0 Å². The first-order valence-electron chi connectivity index (χ1n) is 6.14. The Labute approximate surface area is 122 Å². The van der Waals surface area contributed by atoms with Gasteiger partial charge >= 0.3 is 0 Å². The summed E-state index contributed by atoms with van der Waals surface area (Å²) in [5.41, 5.74) is 1.83. The SMILES string of the molecule is COc1cc(C)c(CC(=O)Nc2ccccn2)cc1Cl. The molecule has 0 bridgehead atoms. The first-order valence-corrected chi connectivity index (χ1v) is 6.52. The number of rotatable bonds is 4. The second kappa shape index (κ2) is 6.39. The van der Waals surface area contributed by atoms with Gasteiger partial charge in [0.05, 0.1) is 18.6 Å². The summed E-state index contributed by atoms with van der Waals surface area (Å²) in [4.78, 5) is 16.0. The van der Waals surface area contributed by atoms with Gasteiger partial charge in [0.1, 0.15) is 11.6 Å². The first kappa shape index (κ1) is 14.3. The summed E-state index contributed by atoms with van der Waals surface area (Å²) < 4.78 is 5.14. The van der Waals surface area contributed by atoms with Crippen molar-refractivity contribution in [1.29, 1.82) is 0 Å². The molecule has 0 spiro atoms. The van der Waals surface area contributed by atoms with Gasteiger partial charge in [-0.1, -0.05) is 17.7 Å². The maximum Gasteiger partial charge on any atom is 0.229 e. The van der Waals surface area contributed by atoms with Gasteiger partial charge in [0.25, 0.3) is 0 Å². The van der Waals surface area contributed by atoms with Crippen LogP contribution in [-0.4, -0.2) is 18.0 Å². The van der Waals surface area contributed by atoms with Gasteiger partial charge in [-0.2, -0.15) is 0 Å². The van der Waals surface area contributed by atoms with Crippen molar-refractivity contribution in [1.82, 2.24) is 4.98 Å². The maximum atomic E-state index is 12.0. The molecule has 1 aromatic heterocycles. The van der Waals surface area contributed by atoms with Crippen molar-refractivity contribution in [3.8, 4) is 5.75 Å². The predicted molar refractivity (Wildman–Crippen MR) is 79.3 cm³/mol. The Morgan fingerprint density at radius 2 is 2.20 bits per heavy atom. The molecule has 0 atom stereocenters. The lowest BCUT2D eigenvalue weighted by molar-refractivity contribution is -0.115. The Bertz CT molecular complexity index is 615. The van der Waals surface area contributed by atoms with E-state index in [-0.39, 0.29) is 12.3 Å². The minimum atomic E-state index is -0.131. The molecule has 104 valence electrons. The minimum Gasteiger partial charge on any atom is -0.495 e. The van der Waals surface area contributed by atoms with Crippen LogP contribution in [0.1, 0.15) is 11.1 Å². The van der Waals surface area contributed by atoms with Gasteiger partial charge in [-0.05, 0) is 42.3 Å². The number of pyridine rings is 1. The highest BCUT2D eigenvalue weighted by atomic mass is 35.5. The normalized spacial score (nSPS) is 10.2. The molecule has 5 heteroatoms. The topological polar surface area (TPSA) is 51.2 Å². The van der Waals surface area contributed by atoms with Gasteiger partial charge in [-0.15, -0.1) is 0 Å². The average molecular weight is 291 g/mol. The van der Waals surface area contributed by atoms with Crippen molar-refractivity contribution in [2.24, 2.45) is 0 Å². The first-order chi connectivity index (χ1) is 9.60. The number of nitrogens with zero attached hydrogens (tertiary/aromatic N) is 1. The molecule has 0 radical (unpaired) electrons. The molecule has 0 saturated carbocycles. The van der Waals surface area contributed by atoms with Crippen LogP contribution in [0, 0.1) is 6.92 Å². The zero-order chi connectivity index (χ0) is 14.5. The number of carbonyl (C=O) groups is 1. The van der Waals surface area contributed by atoms with Crippen LogP contribution in [0.15, 0.2) is 36.5 Å². The van der Waals surface area contributed by atoms with Gasteiger partial charge in [0, 0.05) is 6.20 Å². The molecule has 4 nitrogen and oxygen atoms in total. The molecule has 0 saturated heterocycles. The second-order valence-electron chi connectivity index (χ2n) is 4.35. The Hall–Kier alpha value is -2.07. The molecule has 0 aliphatic heterocycles. The molecular formula is C15H15ClN2O2. The Morgan fingerprint density at radius 1 is 1.40 bits per heavy atom. The summed E-state index contributed by atoms with van der Waals surface area (Å²) in [5.74, 6) is 1.01. The maximum absolute atomic E-state index is 12.0. The highest BCUT2D eigenvalue weighted by molar-refractivity contribution is 6.32. The molecule has 0 aliphatic rings. The lowest BCUT2D eigenvalue weighted by Crippen LogP contribution is -2.15. The average Bonchev–Trinajstić information content (AvgIpc) is 2.43. The third-order valence-corrected chi connectivity index (χ3v) is 3.19. The van der Waals surface area contributed by atoms with Gasteiger partial charge in [0.15, 0.2) is 0 Å². The second-order valence-corrected chi connectivity index (χ2v) is 4.76. The largest absolute Gasteiger partial charge is 0.495 e. The highest BCUT2D eigenvalue weighted by Gasteiger charge is 2.10. The molecule has 2 rings (SSSR count). The number of anilines is 1. The van der Waals surface area contributed by atoms with Gasteiger partial charge in [-0.3, -0.25) is 4.79 Å². The zero-order valence-electron chi connectivity index (χ0n) is 11.3. The fraction of sp³-hybridized carbons (Fsp3) is 0.200. The quantitative estimate of drug-likeness (QED) is 0.940. The van der Waals surface area contributed by atoms with E-state index >= 15 is 0 Å². The number of methoxy groups -OCH3 is 1. The van der Waals surface area contributed by atoms with Crippen LogP contribution in [0.25, 0.3) is 0 Å². The van der Waals surface area contributed by atoms with Crippen molar-refractivity contribution in [2.75, 3.05) is 12.4 Å². The number of aryl methyl sites for hydroxylation is 1. The molecule has 0 fully saturated rings. The van der Waals surface area contributed by atoms with E-state index in [0.29, 0.717) is 16.6 Å². The van der Waals surface area contributed by atoms with E-state index in [1.807, 2.05) is 19.1 Å². The van der Waals surface area contributed by atoms with E-state index in [2.05, 4.69) is 10.3 Å². The molecule has 0 unspecified atom stereocenters. The van der Waals surface area contributed by atoms with Gasteiger partial charge in [0.2, 0.25) is 5.91 Å². The van der Waals surface area contributed by atoms with Crippen molar-refractivity contribution in [2.45, 2.75) is 13.3 Å². The number of ether oxygens (including phenoxy) is 1. The summed E-state index contributed by atoms with van der Waals surface area (Å²) in [6.07, 6.45) is 1.87. The monoisotopic (exact) mass is 290 g/mol. The number of carbonyl (C=O) groups excluding carboxylic acids is 1. The third kappa shape index (κ3) is 3.48. The van der Waals surface area contributed by atoms with E-state index in [0.717, 1.165) is 11.1 Å². The molecule has 1 amide bonds. The van der Waals surface area contributed by atoms with Gasteiger partial charge < -0.3 is 10.1 Å². The summed E-state index contributed by atoms with van der Waals surface area (Å²) in [6.45, 7) is 1.92. The van der Waals surface area contributed by atoms with Crippen LogP contribution < -0.4 is 10.1 Å². The zero-order valence-corrected chi connectivity index (χ0v) is 12.1. The number of nitrogens with one attached hydrogen (secondary N) is 1. The summed E-state index contributed by atoms with van der Waals surface area (Å²) in [7, 11) is 1.56. The molecule has 1 N–H and O–H groups in total. The van der Waals surface area contributed by atoms with Gasteiger partial charge in [-0.25, -0.2) is 4.98 Å². The minimum absolute atomic E-state index is 0.131. The Morgan fingerprint density at radius 3 is 2.85 bits per heavy atom. The van der Waals surface area contributed by atoms with E-state index in [4.69, 9.17) is 16.3 Å². The smallest absolute Gasteiger partial charge is 0.229 e. The molecule has 0 aliphatic carbocycles. The fourth-order valence-corrected chi connectivity index (χ4v) is 2.10. The molecular weight excluding hydrogens is 276 g/mol. The predicted octanol–water partition coefficient (Wildman–Crippen LogP) is 3.23.